The number of hydrogen-bond donors (Lipinski definition) is 0. The summed E-state index contributed by atoms with van der Waals surface area (Å²) in [4.78, 5) is 13.0. The van der Waals surface area contributed by atoms with Crippen molar-refractivity contribution in [3.8, 4) is 6.07 Å². The Balaban J connectivity index is 3.79. The minimum absolute atomic E-state index is 0.0552. The van der Waals surface area contributed by atoms with Crippen molar-refractivity contribution in [2.75, 3.05) is 26.8 Å². The fourth-order valence-electron chi connectivity index (χ4n) is 0.992. The van der Waals surface area contributed by atoms with Gasteiger partial charge in [-0.15, -0.1) is 0 Å². The zero-order chi connectivity index (χ0) is 10.1. The third kappa shape index (κ3) is 5.21. The monoisotopic (exact) mass is 184 g/mol. The molecule has 0 heterocycles. The normalized spacial score (nSPS) is 9.31. The van der Waals surface area contributed by atoms with E-state index >= 15 is 0 Å². The predicted molar refractivity (Wildman–Crippen MR) is 49.0 cm³/mol. The average molecular weight is 184 g/mol. The maximum atomic E-state index is 11.4. The highest BCUT2D eigenvalue weighted by Crippen LogP contribution is 1.96. The molecule has 1 amide bonds. The molecular weight excluding hydrogens is 168 g/mol. The van der Waals surface area contributed by atoms with E-state index in [2.05, 4.69) is 0 Å². The van der Waals surface area contributed by atoms with Gasteiger partial charge in [-0.1, -0.05) is 0 Å². The van der Waals surface area contributed by atoms with Crippen LogP contribution >= 0.6 is 0 Å². The first kappa shape index (κ1) is 11.9. The molecule has 0 atom stereocenters. The van der Waals surface area contributed by atoms with Gasteiger partial charge < -0.3 is 9.64 Å². The zero-order valence-corrected chi connectivity index (χ0v) is 8.25. The topological polar surface area (TPSA) is 53.3 Å². The van der Waals surface area contributed by atoms with E-state index in [-0.39, 0.29) is 5.91 Å². The first-order valence-corrected chi connectivity index (χ1v) is 4.39. The van der Waals surface area contributed by atoms with Crippen LogP contribution in [-0.2, 0) is 9.53 Å². The third-order valence-corrected chi connectivity index (χ3v) is 1.75. The Hall–Kier alpha value is -1.08. The first-order chi connectivity index (χ1) is 6.26. The lowest BCUT2D eigenvalue weighted by Gasteiger charge is -2.18. The Morgan fingerprint density at radius 1 is 1.62 bits per heavy atom. The molecule has 0 aliphatic rings. The van der Waals surface area contributed by atoms with E-state index in [1.54, 1.807) is 12.0 Å². The van der Waals surface area contributed by atoms with E-state index in [9.17, 15) is 4.79 Å². The molecule has 4 nitrogen and oxygen atoms in total. The van der Waals surface area contributed by atoms with Crippen molar-refractivity contribution in [2.24, 2.45) is 0 Å². The van der Waals surface area contributed by atoms with Crippen LogP contribution < -0.4 is 0 Å². The molecule has 74 valence electrons. The van der Waals surface area contributed by atoms with Gasteiger partial charge in [0.05, 0.1) is 25.5 Å². The first-order valence-electron chi connectivity index (χ1n) is 4.39. The van der Waals surface area contributed by atoms with Crippen molar-refractivity contribution in [1.82, 2.24) is 4.90 Å². The molecule has 0 aromatic heterocycles. The van der Waals surface area contributed by atoms with Crippen LogP contribution in [0.25, 0.3) is 0 Å². The van der Waals surface area contributed by atoms with Gasteiger partial charge in [0.25, 0.3) is 0 Å². The summed E-state index contributed by atoms with van der Waals surface area (Å²) in [6.45, 7) is 3.53. The van der Waals surface area contributed by atoms with Gasteiger partial charge in [-0.25, -0.2) is 0 Å². The molecule has 0 fully saturated rings. The number of carbonyl (C=O) groups is 1. The van der Waals surface area contributed by atoms with E-state index in [1.165, 1.54) is 0 Å². The number of methoxy groups -OCH3 is 1. The summed E-state index contributed by atoms with van der Waals surface area (Å²) in [6.07, 6.45) is 0.794. The van der Waals surface area contributed by atoms with Gasteiger partial charge in [0.1, 0.15) is 0 Å². The lowest BCUT2D eigenvalue weighted by Crippen LogP contribution is -2.32. The highest BCUT2D eigenvalue weighted by Gasteiger charge is 2.09. The van der Waals surface area contributed by atoms with Crippen LogP contribution in [0.15, 0.2) is 0 Å². The van der Waals surface area contributed by atoms with Gasteiger partial charge in [0.15, 0.2) is 0 Å². The van der Waals surface area contributed by atoms with Crippen LogP contribution in [-0.4, -0.2) is 37.6 Å². The van der Waals surface area contributed by atoms with E-state index in [1.807, 2.05) is 13.0 Å². The minimum Gasteiger partial charge on any atom is -0.384 e. The molecule has 0 aromatic carbocycles. The van der Waals surface area contributed by atoms with Crippen LogP contribution in [0.1, 0.15) is 19.8 Å². The van der Waals surface area contributed by atoms with Crippen molar-refractivity contribution >= 4 is 5.91 Å². The molecule has 0 radical (unpaired) electrons. The third-order valence-electron chi connectivity index (χ3n) is 1.75. The average Bonchev–Trinajstić information content (AvgIpc) is 2.16. The van der Waals surface area contributed by atoms with Gasteiger partial charge in [-0.2, -0.15) is 5.26 Å². The molecular formula is C9H16N2O2. The number of carbonyl (C=O) groups excluding carboxylic acids is 1. The quantitative estimate of drug-likeness (QED) is 0.613. The van der Waals surface area contributed by atoms with E-state index < -0.39 is 0 Å². The molecule has 0 saturated carbocycles. The number of rotatable bonds is 6. The summed E-state index contributed by atoms with van der Waals surface area (Å²) < 4.78 is 4.80. The molecule has 0 aliphatic carbocycles. The predicted octanol–water partition coefficient (Wildman–Crippen LogP) is 0.785. The van der Waals surface area contributed by atoms with Crippen molar-refractivity contribution in [3.05, 3.63) is 0 Å². The van der Waals surface area contributed by atoms with Gasteiger partial charge in [-0.3, -0.25) is 4.79 Å². The zero-order valence-electron chi connectivity index (χ0n) is 8.25. The smallest absolute Gasteiger partial charge is 0.224 e. The van der Waals surface area contributed by atoms with Crippen molar-refractivity contribution in [2.45, 2.75) is 19.8 Å². The van der Waals surface area contributed by atoms with Crippen LogP contribution in [0.2, 0.25) is 0 Å². The van der Waals surface area contributed by atoms with Gasteiger partial charge in [0.2, 0.25) is 5.91 Å². The van der Waals surface area contributed by atoms with E-state index in [0.29, 0.717) is 32.5 Å². The lowest BCUT2D eigenvalue weighted by molar-refractivity contribution is -0.131. The molecule has 0 aliphatic heterocycles. The van der Waals surface area contributed by atoms with Gasteiger partial charge >= 0.3 is 0 Å². The van der Waals surface area contributed by atoms with Crippen LogP contribution in [0.5, 0.6) is 0 Å². The molecule has 0 spiro atoms. The van der Waals surface area contributed by atoms with E-state index in [0.717, 1.165) is 0 Å². The summed E-state index contributed by atoms with van der Waals surface area (Å²) in [5.74, 6) is 0.0552. The summed E-state index contributed by atoms with van der Waals surface area (Å²) in [7, 11) is 1.57. The molecule has 0 aromatic rings. The Labute approximate surface area is 79.1 Å². The second-order valence-corrected chi connectivity index (χ2v) is 2.62. The van der Waals surface area contributed by atoms with Gasteiger partial charge in [-0.05, 0) is 6.92 Å². The maximum absolute atomic E-state index is 11.4. The summed E-state index contributed by atoms with van der Waals surface area (Å²) in [6, 6.07) is 2.02. The standard InChI is InChI=1S/C9H16N2O2/c1-3-11(7-4-6-10)9(12)5-8-13-2/h3-5,7-8H2,1-2H3. The second kappa shape index (κ2) is 7.56. The summed E-state index contributed by atoms with van der Waals surface area (Å²) >= 11 is 0. The SMILES string of the molecule is CCN(CCC#N)C(=O)CCOC. The number of nitrogens with zero attached hydrogens (tertiary/aromatic N) is 2. The molecule has 0 N–H and O–H groups in total. The molecule has 0 saturated heterocycles. The van der Waals surface area contributed by atoms with Crippen LogP contribution in [0, 0.1) is 11.3 Å². The molecule has 0 rings (SSSR count). The number of amides is 1. The van der Waals surface area contributed by atoms with Gasteiger partial charge in [0, 0.05) is 20.2 Å². The van der Waals surface area contributed by atoms with Crippen LogP contribution in [0.3, 0.4) is 0 Å². The number of hydrogen-bond acceptors (Lipinski definition) is 3. The molecule has 0 unspecified atom stereocenters. The van der Waals surface area contributed by atoms with Crippen molar-refractivity contribution in [1.29, 1.82) is 5.26 Å². The summed E-state index contributed by atoms with van der Waals surface area (Å²) in [5, 5.41) is 8.36. The maximum Gasteiger partial charge on any atom is 0.224 e. The fourth-order valence-corrected chi connectivity index (χ4v) is 0.992. The highest BCUT2D eigenvalue weighted by molar-refractivity contribution is 5.76. The highest BCUT2D eigenvalue weighted by atomic mass is 16.5. The van der Waals surface area contributed by atoms with Crippen molar-refractivity contribution < 1.29 is 9.53 Å². The van der Waals surface area contributed by atoms with Crippen LogP contribution in [0.4, 0.5) is 0 Å². The number of ether oxygens (including phenoxy) is 1. The largest absolute Gasteiger partial charge is 0.384 e. The molecule has 0 bridgehead atoms. The Morgan fingerprint density at radius 2 is 2.31 bits per heavy atom. The number of nitriles is 1. The second-order valence-electron chi connectivity index (χ2n) is 2.62. The molecule has 13 heavy (non-hydrogen) atoms. The Morgan fingerprint density at radius 3 is 2.77 bits per heavy atom. The fraction of sp³-hybridized carbons (Fsp3) is 0.778. The lowest BCUT2D eigenvalue weighted by atomic mass is 10.3. The Kier molecular flexibility index (Phi) is 6.93. The molecule has 4 heteroatoms. The van der Waals surface area contributed by atoms with Crippen molar-refractivity contribution in [3.63, 3.8) is 0 Å². The van der Waals surface area contributed by atoms with E-state index in [4.69, 9.17) is 10.00 Å². The Bertz CT molecular complexity index is 187. The minimum atomic E-state index is 0.0552. The summed E-state index contributed by atoms with van der Waals surface area (Å²) in [5.41, 5.74) is 0.